The Balaban J connectivity index is 3.48. The molecule has 0 heterocycles. The van der Waals surface area contributed by atoms with Crippen molar-refractivity contribution in [2.75, 3.05) is 0 Å². The third kappa shape index (κ3) is 4.01. The molecule has 0 radical (unpaired) electrons. The summed E-state index contributed by atoms with van der Waals surface area (Å²) < 4.78 is 10.1. The van der Waals surface area contributed by atoms with E-state index in [4.69, 9.17) is 9.47 Å². The van der Waals surface area contributed by atoms with Crippen molar-refractivity contribution in [3.63, 3.8) is 0 Å². The molecule has 0 aromatic rings. The Morgan fingerprint density at radius 2 is 2.20 bits per heavy atom. The van der Waals surface area contributed by atoms with Crippen LogP contribution in [0, 0.1) is 0 Å². The summed E-state index contributed by atoms with van der Waals surface area (Å²) in [4.78, 5) is 0. The van der Waals surface area contributed by atoms with Gasteiger partial charge in [0.2, 0.25) is 6.29 Å². The van der Waals surface area contributed by atoms with E-state index in [0.29, 0.717) is 0 Å². The standard InChI is InChI=1S/C8H14O2/c1-4-7-10-8(5-2)9-6-3/h4,6-8H,3,5H2,1-2H3. The van der Waals surface area contributed by atoms with E-state index < -0.39 is 0 Å². The molecule has 0 saturated carbocycles. The number of hydrogen-bond donors (Lipinski definition) is 0. The lowest BCUT2D eigenvalue weighted by molar-refractivity contribution is -0.0623. The number of ether oxygens (including phenoxy) is 2. The molecule has 0 aliphatic heterocycles. The van der Waals surface area contributed by atoms with E-state index in [1.165, 1.54) is 6.26 Å². The van der Waals surface area contributed by atoms with E-state index in [-0.39, 0.29) is 6.29 Å². The molecule has 2 heteroatoms. The van der Waals surface area contributed by atoms with Crippen molar-refractivity contribution >= 4 is 0 Å². The summed E-state index contributed by atoms with van der Waals surface area (Å²) in [6.07, 6.45) is 5.44. The molecule has 0 amide bonds. The van der Waals surface area contributed by atoms with Crippen LogP contribution in [0.1, 0.15) is 20.3 Å². The monoisotopic (exact) mass is 142 g/mol. The zero-order valence-electron chi connectivity index (χ0n) is 6.54. The van der Waals surface area contributed by atoms with Crippen LogP contribution in [-0.2, 0) is 9.47 Å². The van der Waals surface area contributed by atoms with Gasteiger partial charge in [0.1, 0.15) is 0 Å². The highest BCUT2D eigenvalue weighted by Crippen LogP contribution is 2.00. The summed E-state index contributed by atoms with van der Waals surface area (Å²) in [6, 6.07) is 0. The summed E-state index contributed by atoms with van der Waals surface area (Å²) in [5.41, 5.74) is 0. The lowest BCUT2D eigenvalue weighted by Crippen LogP contribution is -2.09. The molecule has 0 aliphatic carbocycles. The Morgan fingerprint density at radius 3 is 2.60 bits per heavy atom. The molecule has 0 aromatic heterocycles. The van der Waals surface area contributed by atoms with Crippen molar-refractivity contribution in [2.24, 2.45) is 0 Å². The fraction of sp³-hybridized carbons (Fsp3) is 0.500. The van der Waals surface area contributed by atoms with E-state index in [1.807, 2.05) is 19.9 Å². The van der Waals surface area contributed by atoms with Gasteiger partial charge in [0.05, 0.1) is 12.5 Å². The van der Waals surface area contributed by atoms with Crippen molar-refractivity contribution in [1.82, 2.24) is 0 Å². The van der Waals surface area contributed by atoms with Gasteiger partial charge in [-0.2, -0.15) is 0 Å². The number of allylic oxidation sites excluding steroid dienone is 1. The maximum absolute atomic E-state index is 5.11. The Kier molecular flexibility index (Phi) is 5.63. The van der Waals surface area contributed by atoms with Crippen molar-refractivity contribution in [3.05, 3.63) is 25.2 Å². The second-order valence-corrected chi connectivity index (χ2v) is 1.75. The van der Waals surface area contributed by atoms with Crippen LogP contribution in [0.3, 0.4) is 0 Å². The first-order valence-corrected chi connectivity index (χ1v) is 3.38. The van der Waals surface area contributed by atoms with E-state index in [1.54, 1.807) is 6.26 Å². The van der Waals surface area contributed by atoms with Gasteiger partial charge in [-0.25, -0.2) is 0 Å². The zero-order chi connectivity index (χ0) is 7.82. The van der Waals surface area contributed by atoms with Crippen LogP contribution in [-0.4, -0.2) is 6.29 Å². The predicted molar refractivity (Wildman–Crippen MR) is 41.3 cm³/mol. The largest absolute Gasteiger partial charge is 0.463 e. The second kappa shape index (κ2) is 6.20. The first-order valence-electron chi connectivity index (χ1n) is 3.38. The molecule has 0 fully saturated rings. The van der Waals surface area contributed by atoms with Crippen LogP contribution in [0.25, 0.3) is 0 Å². The van der Waals surface area contributed by atoms with Crippen LogP contribution < -0.4 is 0 Å². The van der Waals surface area contributed by atoms with E-state index in [2.05, 4.69) is 6.58 Å². The number of rotatable bonds is 5. The average Bonchev–Trinajstić information content (AvgIpc) is 1.98. The zero-order valence-corrected chi connectivity index (χ0v) is 6.54. The SMILES string of the molecule is C=COC(CC)OC=CC. The highest BCUT2D eigenvalue weighted by Gasteiger charge is 2.00. The Bertz CT molecular complexity index is 108. The molecule has 10 heavy (non-hydrogen) atoms. The fourth-order valence-corrected chi connectivity index (χ4v) is 0.498. The van der Waals surface area contributed by atoms with Gasteiger partial charge in [0, 0.05) is 6.42 Å². The van der Waals surface area contributed by atoms with Crippen molar-refractivity contribution in [1.29, 1.82) is 0 Å². The minimum absolute atomic E-state index is 0.186. The number of hydrogen-bond acceptors (Lipinski definition) is 2. The molecule has 0 spiro atoms. The van der Waals surface area contributed by atoms with Gasteiger partial charge in [0.25, 0.3) is 0 Å². The molecule has 1 atom stereocenters. The molecule has 0 N–H and O–H groups in total. The van der Waals surface area contributed by atoms with Gasteiger partial charge < -0.3 is 9.47 Å². The van der Waals surface area contributed by atoms with Crippen LogP contribution >= 0.6 is 0 Å². The minimum Gasteiger partial charge on any atom is -0.463 e. The Morgan fingerprint density at radius 1 is 1.50 bits per heavy atom. The van der Waals surface area contributed by atoms with Gasteiger partial charge in [-0.1, -0.05) is 19.6 Å². The first-order chi connectivity index (χ1) is 4.85. The van der Waals surface area contributed by atoms with Crippen LogP contribution in [0.2, 0.25) is 0 Å². The van der Waals surface area contributed by atoms with Gasteiger partial charge in [-0.05, 0) is 6.92 Å². The molecule has 58 valence electrons. The molecule has 0 bridgehead atoms. The van der Waals surface area contributed by atoms with E-state index in [9.17, 15) is 0 Å². The average molecular weight is 142 g/mol. The highest BCUT2D eigenvalue weighted by atomic mass is 16.7. The third-order valence-electron chi connectivity index (χ3n) is 0.948. The van der Waals surface area contributed by atoms with Crippen LogP contribution in [0.5, 0.6) is 0 Å². The Labute approximate surface area is 62.1 Å². The highest BCUT2D eigenvalue weighted by molar-refractivity contribution is 4.66. The van der Waals surface area contributed by atoms with Crippen molar-refractivity contribution < 1.29 is 9.47 Å². The topological polar surface area (TPSA) is 18.5 Å². The van der Waals surface area contributed by atoms with Gasteiger partial charge >= 0.3 is 0 Å². The molecule has 0 rings (SSSR count). The quantitative estimate of drug-likeness (QED) is 0.433. The van der Waals surface area contributed by atoms with Crippen LogP contribution in [0.15, 0.2) is 25.2 Å². The maximum atomic E-state index is 5.11. The van der Waals surface area contributed by atoms with Gasteiger partial charge in [0.15, 0.2) is 0 Å². The predicted octanol–water partition coefficient (Wildman–Crippen LogP) is 2.43. The lowest BCUT2D eigenvalue weighted by Gasteiger charge is -2.12. The summed E-state index contributed by atoms with van der Waals surface area (Å²) in [6.45, 7) is 7.30. The molecule has 2 nitrogen and oxygen atoms in total. The normalized spacial score (nSPS) is 13.0. The van der Waals surface area contributed by atoms with E-state index in [0.717, 1.165) is 6.42 Å². The molecule has 1 unspecified atom stereocenters. The van der Waals surface area contributed by atoms with Crippen LogP contribution in [0.4, 0.5) is 0 Å². The maximum Gasteiger partial charge on any atom is 0.239 e. The molecule has 0 aromatic carbocycles. The lowest BCUT2D eigenvalue weighted by atomic mass is 10.5. The first kappa shape index (κ1) is 9.08. The fourth-order valence-electron chi connectivity index (χ4n) is 0.498. The molecule has 0 saturated heterocycles. The third-order valence-corrected chi connectivity index (χ3v) is 0.948. The summed E-state index contributed by atoms with van der Waals surface area (Å²) >= 11 is 0. The molecular formula is C8H14O2. The second-order valence-electron chi connectivity index (χ2n) is 1.75. The van der Waals surface area contributed by atoms with Crippen molar-refractivity contribution in [2.45, 2.75) is 26.6 Å². The van der Waals surface area contributed by atoms with Gasteiger partial charge in [-0.15, -0.1) is 0 Å². The minimum atomic E-state index is -0.186. The summed E-state index contributed by atoms with van der Waals surface area (Å²) in [5.74, 6) is 0. The van der Waals surface area contributed by atoms with E-state index >= 15 is 0 Å². The van der Waals surface area contributed by atoms with Crippen molar-refractivity contribution in [3.8, 4) is 0 Å². The molecule has 0 aliphatic rings. The smallest absolute Gasteiger partial charge is 0.239 e. The summed E-state index contributed by atoms with van der Waals surface area (Å²) in [7, 11) is 0. The molecular weight excluding hydrogens is 128 g/mol. The Hall–Kier alpha value is -0.920. The summed E-state index contributed by atoms with van der Waals surface area (Å²) in [5, 5.41) is 0. The van der Waals surface area contributed by atoms with Gasteiger partial charge in [-0.3, -0.25) is 0 Å².